The molecule has 0 atom stereocenters. The molecule has 3 rings (SSSR count). The molecule has 0 bridgehead atoms. The number of aryl methyl sites for hydroxylation is 2. The summed E-state index contributed by atoms with van der Waals surface area (Å²) in [6.07, 6.45) is 0. The zero-order valence-electron chi connectivity index (χ0n) is 14.3. The Balaban J connectivity index is 2.02. The summed E-state index contributed by atoms with van der Waals surface area (Å²) < 4.78 is 10.7. The second-order valence-electron chi connectivity index (χ2n) is 6.28. The van der Waals surface area contributed by atoms with Crippen molar-refractivity contribution in [2.75, 3.05) is 7.11 Å². The van der Waals surface area contributed by atoms with Crippen LogP contribution < -0.4 is 10.5 Å². The maximum atomic E-state index is 6.05. The number of rotatable bonds is 4. The molecular formula is C16H20N6O2. The molecule has 24 heavy (non-hydrogen) atoms. The van der Waals surface area contributed by atoms with Gasteiger partial charge in [-0.1, -0.05) is 5.16 Å². The topological polar surface area (TPSA) is 116 Å². The zero-order chi connectivity index (χ0) is 17.5. The summed E-state index contributed by atoms with van der Waals surface area (Å²) in [4.78, 5) is 8.79. The highest BCUT2D eigenvalue weighted by Crippen LogP contribution is 2.31. The third kappa shape index (κ3) is 2.88. The van der Waals surface area contributed by atoms with Crippen LogP contribution in [0, 0.1) is 13.8 Å². The highest BCUT2D eigenvalue weighted by Gasteiger charge is 2.22. The summed E-state index contributed by atoms with van der Waals surface area (Å²) in [5.74, 6) is 1.17. The normalized spacial score (nSPS) is 11.8. The van der Waals surface area contributed by atoms with E-state index in [1.165, 1.54) is 0 Å². The van der Waals surface area contributed by atoms with Crippen molar-refractivity contribution in [3.63, 3.8) is 0 Å². The number of methoxy groups -OCH3 is 1. The van der Waals surface area contributed by atoms with Crippen molar-refractivity contribution in [3.8, 4) is 28.9 Å². The summed E-state index contributed by atoms with van der Waals surface area (Å²) in [7, 11) is 1.56. The first-order chi connectivity index (χ1) is 11.3. The van der Waals surface area contributed by atoms with E-state index in [1.807, 2.05) is 33.8 Å². The number of H-pyrrole nitrogens is 1. The van der Waals surface area contributed by atoms with Crippen molar-refractivity contribution in [1.29, 1.82) is 0 Å². The number of aromatic amines is 1. The Hall–Kier alpha value is -2.74. The molecule has 0 aromatic carbocycles. The van der Waals surface area contributed by atoms with Crippen LogP contribution in [0.3, 0.4) is 0 Å². The van der Waals surface area contributed by atoms with Gasteiger partial charge in [0.05, 0.1) is 23.9 Å². The number of hydrogen-bond acceptors (Lipinski definition) is 7. The van der Waals surface area contributed by atoms with E-state index < -0.39 is 5.54 Å². The van der Waals surface area contributed by atoms with E-state index in [2.05, 4.69) is 25.3 Å². The first-order valence-corrected chi connectivity index (χ1v) is 7.51. The minimum atomic E-state index is -0.533. The van der Waals surface area contributed by atoms with Gasteiger partial charge in [0, 0.05) is 5.69 Å². The lowest BCUT2D eigenvalue weighted by Gasteiger charge is -2.14. The molecular weight excluding hydrogens is 308 g/mol. The van der Waals surface area contributed by atoms with Crippen molar-refractivity contribution in [1.82, 2.24) is 25.3 Å². The van der Waals surface area contributed by atoms with Crippen LogP contribution in [-0.2, 0) is 5.54 Å². The van der Waals surface area contributed by atoms with E-state index in [-0.39, 0.29) is 0 Å². The van der Waals surface area contributed by atoms with E-state index in [9.17, 15) is 0 Å². The molecule has 8 nitrogen and oxygen atoms in total. The van der Waals surface area contributed by atoms with Crippen LogP contribution in [0.15, 0.2) is 16.7 Å². The van der Waals surface area contributed by atoms with Crippen LogP contribution in [-0.4, -0.2) is 32.4 Å². The minimum absolute atomic E-state index is 0.304. The fraction of sp³-hybridized carbons (Fsp3) is 0.375. The van der Waals surface area contributed by atoms with Gasteiger partial charge >= 0.3 is 0 Å². The van der Waals surface area contributed by atoms with Gasteiger partial charge in [0.25, 0.3) is 5.89 Å². The molecule has 126 valence electrons. The molecule has 0 saturated carbocycles. The predicted molar refractivity (Wildman–Crippen MR) is 88.4 cm³/mol. The van der Waals surface area contributed by atoms with Crippen molar-refractivity contribution in [2.24, 2.45) is 5.73 Å². The largest absolute Gasteiger partial charge is 0.480 e. The van der Waals surface area contributed by atoms with Gasteiger partial charge in [-0.15, -0.1) is 0 Å². The lowest BCUT2D eigenvalue weighted by Crippen LogP contribution is -2.28. The number of pyridine rings is 1. The molecule has 0 radical (unpaired) electrons. The van der Waals surface area contributed by atoms with Gasteiger partial charge in [0.15, 0.2) is 5.69 Å². The van der Waals surface area contributed by atoms with Crippen LogP contribution in [0.5, 0.6) is 5.88 Å². The molecule has 3 aromatic heterocycles. The second-order valence-corrected chi connectivity index (χ2v) is 6.28. The van der Waals surface area contributed by atoms with Gasteiger partial charge in [-0.2, -0.15) is 10.1 Å². The quantitative estimate of drug-likeness (QED) is 0.755. The Morgan fingerprint density at radius 1 is 1.21 bits per heavy atom. The monoisotopic (exact) mass is 328 g/mol. The number of nitrogens with two attached hydrogens (primary N) is 1. The molecule has 0 amide bonds. The molecule has 0 saturated heterocycles. The standard InChI is InChI=1S/C16H20N6O2/c1-8-6-9(2)18-15(23-5)12(8)13-19-14(24-22-13)10-7-11(21-20-10)16(3,4)17/h6-7H,17H2,1-5H3,(H,20,21). The fourth-order valence-corrected chi connectivity index (χ4v) is 2.41. The van der Waals surface area contributed by atoms with Gasteiger partial charge in [-0.3, -0.25) is 5.10 Å². The molecule has 3 heterocycles. The van der Waals surface area contributed by atoms with Gasteiger partial charge in [-0.25, -0.2) is 4.98 Å². The SMILES string of the molecule is COc1nc(C)cc(C)c1-c1noc(-c2cc(C(C)(C)N)[nH]n2)n1. The Labute approximate surface area is 139 Å². The molecule has 0 aliphatic rings. The van der Waals surface area contributed by atoms with E-state index in [4.69, 9.17) is 15.0 Å². The van der Waals surface area contributed by atoms with Gasteiger partial charge in [0.1, 0.15) is 0 Å². The Morgan fingerprint density at radius 2 is 1.96 bits per heavy atom. The van der Waals surface area contributed by atoms with Crippen molar-refractivity contribution in [2.45, 2.75) is 33.2 Å². The third-order valence-electron chi connectivity index (χ3n) is 3.65. The Kier molecular flexibility index (Phi) is 3.84. The van der Waals surface area contributed by atoms with E-state index >= 15 is 0 Å². The molecule has 0 aliphatic carbocycles. The van der Waals surface area contributed by atoms with Crippen LogP contribution in [0.2, 0.25) is 0 Å². The van der Waals surface area contributed by atoms with Crippen molar-refractivity contribution < 1.29 is 9.26 Å². The minimum Gasteiger partial charge on any atom is -0.480 e. The van der Waals surface area contributed by atoms with E-state index in [0.717, 1.165) is 17.0 Å². The van der Waals surface area contributed by atoms with Crippen LogP contribution in [0.1, 0.15) is 30.8 Å². The number of nitrogens with zero attached hydrogens (tertiary/aromatic N) is 4. The lowest BCUT2D eigenvalue weighted by molar-refractivity contribution is 0.396. The number of ether oxygens (including phenoxy) is 1. The second kappa shape index (κ2) is 5.72. The van der Waals surface area contributed by atoms with Crippen molar-refractivity contribution in [3.05, 3.63) is 29.1 Å². The van der Waals surface area contributed by atoms with Crippen molar-refractivity contribution >= 4 is 0 Å². The first kappa shape index (κ1) is 16.1. The average molecular weight is 328 g/mol. The third-order valence-corrected chi connectivity index (χ3v) is 3.65. The Morgan fingerprint density at radius 3 is 2.58 bits per heavy atom. The van der Waals surface area contributed by atoms with Crippen LogP contribution in [0.4, 0.5) is 0 Å². The number of nitrogens with one attached hydrogen (secondary N) is 1. The van der Waals surface area contributed by atoms with Gasteiger partial charge < -0.3 is 15.0 Å². The maximum Gasteiger partial charge on any atom is 0.278 e. The highest BCUT2D eigenvalue weighted by molar-refractivity contribution is 5.67. The molecule has 0 spiro atoms. The summed E-state index contributed by atoms with van der Waals surface area (Å²) in [5, 5.41) is 11.1. The number of hydrogen-bond donors (Lipinski definition) is 2. The molecule has 3 aromatic rings. The highest BCUT2D eigenvalue weighted by atomic mass is 16.5. The molecule has 0 aliphatic heterocycles. The summed E-state index contributed by atoms with van der Waals surface area (Å²) in [6, 6.07) is 3.74. The fourth-order valence-electron chi connectivity index (χ4n) is 2.41. The first-order valence-electron chi connectivity index (χ1n) is 7.51. The number of aromatic nitrogens is 5. The Bertz CT molecular complexity index is 875. The summed E-state index contributed by atoms with van der Waals surface area (Å²) in [5.41, 5.74) is 9.36. The van der Waals surface area contributed by atoms with Crippen LogP contribution >= 0.6 is 0 Å². The molecule has 8 heteroatoms. The zero-order valence-corrected chi connectivity index (χ0v) is 14.3. The summed E-state index contributed by atoms with van der Waals surface area (Å²) in [6.45, 7) is 7.62. The maximum absolute atomic E-state index is 6.05. The molecule has 3 N–H and O–H groups in total. The van der Waals surface area contributed by atoms with E-state index in [1.54, 1.807) is 13.2 Å². The molecule has 0 unspecified atom stereocenters. The predicted octanol–water partition coefficient (Wildman–Crippen LogP) is 2.34. The van der Waals surface area contributed by atoms with E-state index in [0.29, 0.717) is 28.9 Å². The lowest BCUT2D eigenvalue weighted by atomic mass is 10.0. The smallest absolute Gasteiger partial charge is 0.278 e. The average Bonchev–Trinajstić information content (AvgIpc) is 3.14. The summed E-state index contributed by atoms with van der Waals surface area (Å²) >= 11 is 0. The van der Waals surface area contributed by atoms with Gasteiger partial charge in [-0.05, 0) is 45.4 Å². The van der Waals surface area contributed by atoms with Crippen LogP contribution in [0.25, 0.3) is 23.0 Å². The van der Waals surface area contributed by atoms with Gasteiger partial charge in [0.2, 0.25) is 11.7 Å². The molecule has 0 fully saturated rings.